The number of carbonyl (C=O) groups is 1. The molecule has 7 rings (SSSR count). The van der Waals surface area contributed by atoms with Crippen LogP contribution in [0.2, 0.25) is 0 Å². The maximum atomic E-state index is 13.4. The number of carbonyl (C=O) groups excluding carboxylic acids is 1. The molecule has 2 atom stereocenters. The molecule has 5 heterocycles. The Morgan fingerprint density at radius 3 is 2.52 bits per heavy atom. The summed E-state index contributed by atoms with van der Waals surface area (Å²) in [6.07, 6.45) is 5.63. The van der Waals surface area contributed by atoms with Gasteiger partial charge >= 0.3 is 5.97 Å². The highest BCUT2D eigenvalue weighted by atomic mass is 16.6. The first-order chi connectivity index (χ1) is 22.8. The number of piperidine rings is 1. The van der Waals surface area contributed by atoms with Crippen LogP contribution in [0, 0.1) is 13.8 Å². The summed E-state index contributed by atoms with van der Waals surface area (Å²) in [4.78, 5) is 20.7. The molecule has 4 aromatic rings. The zero-order valence-corrected chi connectivity index (χ0v) is 29.5. The fraction of sp³-hybridized carbons (Fsp3) is 0.462. The number of benzene rings is 2. The van der Waals surface area contributed by atoms with E-state index in [2.05, 4.69) is 80.3 Å². The molecule has 0 spiro atoms. The predicted octanol–water partition coefficient (Wildman–Crippen LogP) is 7.81. The first-order valence-electron chi connectivity index (χ1n) is 16.9. The summed E-state index contributed by atoms with van der Waals surface area (Å²) in [6, 6.07) is 16.7. The second kappa shape index (κ2) is 13.4. The lowest BCUT2D eigenvalue weighted by molar-refractivity contribution is -0.164. The van der Waals surface area contributed by atoms with E-state index < -0.39 is 17.7 Å². The number of hydrogen-bond donors (Lipinski definition) is 0. The zero-order chi connectivity index (χ0) is 34.2. The number of esters is 1. The van der Waals surface area contributed by atoms with Gasteiger partial charge in [0.15, 0.2) is 11.8 Å². The number of methoxy groups -OCH3 is 1. The Balaban J connectivity index is 1.55. The molecule has 9 nitrogen and oxygen atoms in total. The monoisotopic (exact) mass is 652 g/mol. The van der Waals surface area contributed by atoms with E-state index in [0.29, 0.717) is 36.6 Å². The number of ether oxygens (including phenoxy) is 4. The molecule has 9 heteroatoms. The molecule has 1 saturated heterocycles. The van der Waals surface area contributed by atoms with E-state index in [4.69, 9.17) is 29.0 Å². The van der Waals surface area contributed by atoms with Crippen LogP contribution in [0.25, 0.3) is 28.0 Å². The number of nitrogens with zero attached hydrogens (tertiary/aromatic N) is 4. The van der Waals surface area contributed by atoms with Crippen molar-refractivity contribution in [2.24, 2.45) is 0 Å². The fourth-order valence-corrected chi connectivity index (χ4v) is 6.58. The van der Waals surface area contributed by atoms with Gasteiger partial charge in [-0.2, -0.15) is 9.61 Å². The van der Waals surface area contributed by atoms with E-state index in [1.165, 1.54) is 7.11 Å². The molecule has 48 heavy (non-hydrogen) atoms. The van der Waals surface area contributed by atoms with Crippen LogP contribution in [0.1, 0.15) is 76.8 Å². The lowest BCUT2D eigenvalue weighted by Crippen LogP contribution is -2.45. The van der Waals surface area contributed by atoms with Crippen LogP contribution in [0.4, 0.5) is 5.82 Å². The molecule has 1 fully saturated rings. The van der Waals surface area contributed by atoms with Gasteiger partial charge in [0.05, 0.1) is 42.3 Å². The van der Waals surface area contributed by atoms with Crippen LogP contribution in [-0.4, -0.2) is 64.7 Å². The van der Waals surface area contributed by atoms with Crippen molar-refractivity contribution in [2.75, 3.05) is 31.7 Å². The van der Waals surface area contributed by atoms with Gasteiger partial charge in [-0.25, -0.2) is 9.78 Å². The van der Waals surface area contributed by atoms with Gasteiger partial charge in [0.2, 0.25) is 0 Å². The van der Waals surface area contributed by atoms with Gasteiger partial charge in [0.1, 0.15) is 11.6 Å². The third-order valence-electron chi connectivity index (χ3n) is 9.17. The minimum Gasteiger partial charge on any atom is -0.490 e. The van der Waals surface area contributed by atoms with Crippen molar-refractivity contribution in [1.82, 2.24) is 14.6 Å². The summed E-state index contributed by atoms with van der Waals surface area (Å²) in [5.41, 5.74) is 6.11. The highest BCUT2D eigenvalue weighted by Crippen LogP contribution is 2.40. The topological polar surface area (TPSA) is 87.4 Å². The maximum Gasteiger partial charge on any atom is 0.339 e. The molecular weight excluding hydrogens is 604 g/mol. The summed E-state index contributed by atoms with van der Waals surface area (Å²) in [7, 11) is 1.39. The average molecular weight is 653 g/mol. The zero-order valence-electron chi connectivity index (χ0n) is 29.5. The van der Waals surface area contributed by atoms with Crippen LogP contribution in [-0.2, 0) is 19.0 Å². The summed E-state index contributed by atoms with van der Waals surface area (Å²) >= 11 is 0. The van der Waals surface area contributed by atoms with Crippen molar-refractivity contribution in [1.29, 1.82) is 0 Å². The first kappa shape index (κ1) is 33.7. The standard InChI is InChI=1S/C39H48N4O5/c1-25-15-16-32-30(22-25)28-13-11-14-29(23-28)31-24-33-40-27(3)34(35(37(44)45-8)48-38(4,5)6)36(43(33)41-31)42-19-17-39(7,18-20-42)46-21-10-9-12-26(2)47-32/h9-11,13-16,22-24,26,35H,12,17-21H2,1-8H3/t26-,35-/m0/s1. The van der Waals surface area contributed by atoms with Crippen LogP contribution in [0.15, 0.2) is 60.7 Å². The summed E-state index contributed by atoms with van der Waals surface area (Å²) in [5, 5.41) is 5.18. The number of fused-ring (bicyclic) bond motifs is 7. The van der Waals surface area contributed by atoms with E-state index in [-0.39, 0.29) is 11.7 Å². The van der Waals surface area contributed by atoms with Gasteiger partial charge in [-0.15, -0.1) is 0 Å². The van der Waals surface area contributed by atoms with Crippen molar-refractivity contribution < 1.29 is 23.7 Å². The predicted molar refractivity (Wildman–Crippen MR) is 189 cm³/mol. The molecular formula is C39H48N4O5. The molecule has 3 aliphatic rings. The molecule has 0 N–H and O–H groups in total. The smallest absolute Gasteiger partial charge is 0.339 e. The van der Waals surface area contributed by atoms with Gasteiger partial charge in [-0.3, -0.25) is 0 Å². The Morgan fingerprint density at radius 1 is 1.04 bits per heavy atom. The number of hydrogen-bond acceptors (Lipinski definition) is 8. The van der Waals surface area contributed by atoms with Crippen LogP contribution in [0.3, 0.4) is 0 Å². The van der Waals surface area contributed by atoms with Crippen LogP contribution >= 0.6 is 0 Å². The van der Waals surface area contributed by atoms with E-state index in [0.717, 1.165) is 58.8 Å². The Bertz CT molecular complexity index is 1830. The number of aryl methyl sites for hydroxylation is 2. The molecule has 3 aliphatic heterocycles. The van der Waals surface area contributed by atoms with Gasteiger partial charge in [0.25, 0.3) is 0 Å². The quantitative estimate of drug-likeness (QED) is 0.164. The second-order valence-electron chi connectivity index (χ2n) is 14.3. The molecule has 0 radical (unpaired) electrons. The molecule has 254 valence electrons. The largest absolute Gasteiger partial charge is 0.490 e. The number of anilines is 1. The first-order valence-corrected chi connectivity index (χ1v) is 16.9. The molecule has 0 unspecified atom stereocenters. The number of rotatable bonds is 3. The second-order valence-corrected chi connectivity index (χ2v) is 14.3. The lowest BCUT2D eigenvalue weighted by atomic mass is 9.92. The molecule has 2 aromatic heterocycles. The van der Waals surface area contributed by atoms with Gasteiger partial charge in [-0.05, 0) is 85.1 Å². The number of aromatic nitrogens is 3. The van der Waals surface area contributed by atoms with Gasteiger partial charge in [-0.1, -0.05) is 42.0 Å². The molecule has 0 aliphatic carbocycles. The van der Waals surface area contributed by atoms with E-state index in [1.54, 1.807) is 0 Å². The molecule has 0 amide bonds. The van der Waals surface area contributed by atoms with Crippen LogP contribution in [0.5, 0.6) is 5.75 Å². The van der Waals surface area contributed by atoms with Gasteiger partial charge in [0, 0.05) is 42.4 Å². The summed E-state index contributed by atoms with van der Waals surface area (Å²) in [6.45, 7) is 16.1. The minimum atomic E-state index is -0.986. The van der Waals surface area contributed by atoms with Crippen molar-refractivity contribution in [2.45, 2.75) is 91.1 Å². The van der Waals surface area contributed by atoms with Crippen molar-refractivity contribution in [3.63, 3.8) is 0 Å². The van der Waals surface area contributed by atoms with Crippen molar-refractivity contribution in [3.05, 3.63) is 77.5 Å². The molecule has 0 saturated carbocycles. The maximum absolute atomic E-state index is 13.4. The normalized spacial score (nSPS) is 20.8. The van der Waals surface area contributed by atoms with Gasteiger partial charge < -0.3 is 23.8 Å². The molecule has 2 aromatic carbocycles. The third kappa shape index (κ3) is 7.12. The van der Waals surface area contributed by atoms with Crippen molar-refractivity contribution >= 4 is 17.4 Å². The summed E-state index contributed by atoms with van der Waals surface area (Å²) in [5.74, 6) is 1.16. The minimum absolute atomic E-state index is 0.00763. The SMILES string of the molecule is COC(=O)[C@@H](OC(C)(C)C)c1c(C)nc2cc3nn2c1N1CCC(C)(CC1)OCC=CC[C@H](C)Oc1ccc(C)cc1-c1cccc-3c1. The van der Waals surface area contributed by atoms with E-state index >= 15 is 0 Å². The highest BCUT2D eigenvalue weighted by Gasteiger charge is 2.38. The summed E-state index contributed by atoms with van der Waals surface area (Å²) < 4.78 is 26.6. The third-order valence-corrected chi connectivity index (χ3v) is 9.17. The fourth-order valence-electron chi connectivity index (χ4n) is 6.58. The Morgan fingerprint density at radius 2 is 1.79 bits per heavy atom. The molecule has 6 bridgehead atoms. The van der Waals surface area contributed by atoms with E-state index in [9.17, 15) is 4.79 Å². The average Bonchev–Trinajstić information content (AvgIpc) is 3.47. The lowest BCUT2D eigenvalue weighted by Gasteiger charge is -2.41. The van der Waals surface area contributed by atoms with Crippen molar-refractivity contribution in [3.8, 4) is 28.1 Å². The Hall–Kier alpha value is -4.21. The Kier molecular flexibility index (Phi) is 9.37. The highest BCUT2D eigenvalue weighted by molar-refractivity contribution is 5.81. The van der Waals surface area contributed by atoms with Crippen LogP contribution < -0.4 is 9.64 Å². The Labute approximate surface area is 283 Å². The van der Waals surface area contributed by atoms with E-state index in [1.807, 2.05) is 38.3 Å².